The van der Waals surface area contributed by atoms with Gasteiger partial charge >= 0.3 is 5.69 Å². The molecule has 1 fully saturated rings. The van der Waals surface area contributed by atoms with Crippen LogP contribution in [0.3, 0.4) is 0 Å². The zero-order chi connectivity index (χ0) is 21.4. The number of piperidine rings is 1. The first-order valence-electron chi connectivity index (χ1n) is 9.55. The van der Waals surface area contributed by atoms with Crippen molar-refractivity contribution in [1.29, 1.82) is 0 Å². The molecular weight excluding hydrogens is 406 g/mol. The summed E-state index contributed by atoms with van der Waals surface area (Å²) in [5.74, 6) is 0.295. The second-order valence-corrected chi connectivity index (χ2v) is 8.14. The van der Waals surface area contributed by atoms with E-state index in [-0.39, 0.29) is 23.1 Å². The van der Waals surface area contributed by atoms with Crippen LogP contribution in [0.4, 0.5) is 0 Å². The Morgan fingerprint density at radius 3 is 2.53 bits per heavy atom. The van der Waals surface area contributed by atoms with E-state index >= 15 is 0 Å². The highest BCUT2D eigenvalue weighted by atomic mass is 32.1. The first-order valence-corrected chi connectivity index (χ1v) is 10.5. The highest BCUT2D eigenvalue weighted by molar-refractivity contribution is 7.08. The van der Waals surface area contributed by atoms with Crippen molar-refractivity contribution in [2.45, 2.75) is 18.8 Å². The van der Waals surface area contributed by atoms with Crippen LogP contribution in [0.2, 0.25) is 0 Å². The van der Waals surface area contributed by atoms with Gasteiger partial charge in [0.2, 0.25) is 0 Å². The summed E-state index contributed by atoms with van der Waals surface area (Å²) in [4.78, 5) is 58.1. The van der Waals surface area contributed by atoms with E-state index in [9.17, 15) is 19.2 Å². The molecule has 0 bridgehead atoms. The Kier molecular flexibility index (Phi) is 5.25. The number of aromatic amines is 1. The molecule has 0 atom stereocenters. The van der Waals surface area contributed by atoms with Crippen molar-refractivity contribution in [2.75, 3.05) is 13.1 Å². The minimum atomic E-state index is -0.534. The van der Waals surface area contributed by atoms with Gasteiger partial charge in [-0.1, -0.05) is 0 Å². The maximum atomic E-state index is 12.9. The van der Waals surface area contributed by atoms with Crippen molar-refractivity contribution in [3.63, 3.8) is 0 Å². The van der Waals surface area contributed by atoms with Crippen LogP contribution in [0.1, 0.15) is 35.1 Å². The van der Waals surface area contributed by atoms with Crippen LogP contribution in [0.25, 0.3) is 11.3 Å². The predicted octanol–water partition coefficient (Wildman–Crippen LogP) is 0.916. The molecule has 3 aromatic heterocycles. The number of amides is 1. The van der Waals surface area contributed by atoms with E-state index in [0.717, 1.165) is 10.1 Å². The fraction of sp³-hybridized carbons (Fsp3) is 0.350. The smallest absolute Gasteiger partial charge is 0.331 e. The maximum absolute atomic E-state index is 12.9. The normalized spacial score (nSPS) is 14.8. The van der Waals surface area contributed by atoms with E-state index in [1.54, 1.807) is 16.2 Å². The Balaban J connectivity index is 1.52. The number of carbonyl (C=O) groups is 1. The summed E-state index contributed by atoms with van der Waals surface area (Å²) in [5.41, 5.74) is 0.383. The van der Waals surface area contributed by atoms with E-state index in [1.807, 2.05) is 16.8 Å². The molecule has 10 heteroatoms. The monoisotopic (exact) mass is 427 g/mol. The second-order valence-electron chi connectivity index (χ2n) is 7.36. The molecular formula is C20H21N5O4S. The van der Waals surface area contributed by atoms with Crippen molar-refractivity contribution in [1.82, 2.24) is 24.0 Å². The number of nitrogens with zero attached hydrogens (tertiary/aromatic N) is 4. The summed E-state index contributed by atoms with van der Waals surface area (Å²) in [7, 11) is 2.86. The van der Waals surface area contributed by atoms with E-state index in [4.69, 9.17) is 0 Å². The first-order chi connectivity index (χ1) is 14.3. The van der Waals surface area contributed by atoms with Crippen molar-refractivity contribution in [3.05, 3.63) is 71.7 Å². The summed E-state index contributed by atoms with van der Waals surface area (Å²) in [6.07, 6.45) is 1.25. The van der Waals surface area contributed by atoms with Gasteiger partial charge in [-0.15, -0.1) is 0 Å². The zero-order valence-electron chi connectivity index (χ0n) is 16.6. The van der Waals surface area contributed by atoms with Crippen LogP contribution in [0, 0.1) is 0 Å². The molecule has 156 valence electrons. The van der Waals surface area contributed by atoms with Crippen molar-refractivity contribution in [2.24, 2.45) is 14.1 Å². The molecule has 3 aromatic rings. The molecule has 4 rings (SSSR count). The van der Waals surface area contributed by atoms with Gasteiger partial charge in [0.15, 0.2) is 0 Å². The standard InChI is InChI=1S/C20H21N5O4S/c1-23-15(10-17(27)24(2)20(23)29)19(28)25-6-3-12(4-7-25)18-21-14(9-16(26)22-18)13-5-8-30-11-13/h5,8-12H,3-4,6-7H2,1-2H3,(H,21,22,26). The number of H-pyrrole nitrogens is 1. The number of likely N-dealkylation sites (tertiary alicyclic amines) is 1. The van der Waals surface area contributed by atoms with E-state index in [0.29, 0.717) is 37.4 Å². The molecule has 0 saturated carbocycles. The molecule has 1 aliphatic rings. The van der Waals surface area contributed by atoms with Gasteiger partial charge in [0.05, 0.1) is 5.69 Å². The van der Waals surface area contributed by atoms with Crippen molar-refractivity contribution < 1.29 is 4.79 Å². The van der Waals surface area contributed by atoms with Gasteiger partial charge in [0, 0.05) is 56.2 Å². The third kappa shape index (κ3) is 3.65. The van der Waals surface area contributed by atoms with Gasteiger partial charge in [-0.3, -0.25) is 23.5 Å². The molecule has 0 aromatic carbocycles. The lowest BCUT2D eigenvalue weighted by Crippen LogP contribution is -2.44. The van der Waals surface area contributed by atoms with E-state index in [1.165, 1.54) is 30.8 Å². The zero-order valence-corrected chi connectivity index (χ0v) is 17.4. The van der Waals surface area contributed by atoms with Gasteiger partial charge in [-0.25, -0.2) is 9.78 Å². The third-order valence-corrected chi connectivity index (χ3v) is 6.17. The van der Waals surface area contributed by atoms with E-state index in [2.05, 4.69) is 9.97 Å². The molecule has 1 amide bonds. The van der Waals surface area contributed by atoms with Crippen LogP contribution in [-0.4, -0.2) is 43.0 Å². The largest absolute Gasteiger partial charge is 0.337 e. The average molecular weight is 427 g/mol. The molecule has 0 radical (unpaired) electrons. The number of carbonyl (C=O) groups excluding carboxylic acids is 1. The maximum Gasteiger partial charge on any atom is 0.331 e. The number of aromatic nitrogens is 4. The summed E-state index contributed by atoms with van der Waals surface area (Å²) in [6.45, 7) is 0.887. The quantitative estimate of drug-likeness (QED) is 0.668. The van der Waals surface area contributed by atoms with Crippen molar-refractivity contribution >= 4 is 17.2 Å². The first kappa shape index (κ1) is 20.0. The summed E-state index contributed by atoms with van der Waals surface area (Å²) < 4.78 is 2.16. The summed E-state index contributed by atoms with van der Waals surface area (Å²) >= 11 is 1.54. The highest BCUT2D eigenvalue weighted by Crippen LogP contribution is 2.27. The van der Waals surface area contributed by atoms with Gasteiger partial charge < -0.3 is 9.88 Å². The van der Waals surface area contributed by atoms with Gasteiger partial charge in [-0.2, -0.15) is 11.3 Å². The minimum Gasteiger partial charge on any atom is -0.337 e. The topological polar surface area (TPSA) is 110 Å². The number of hydrogen-bond acceptors (Lipinski definition) is 6. The van der Waals surface area contributed by atoms with Crippen LogP contribution in [0.15, 0.2) is 43.3 Å². The Morgan fingerprint density at radius 1 is 1.13 bits per heavy atom. The lowest BCUT2D eigenvalue weighted by molar-refractivity contribution is 0.0699. The Bertz CT molecular complexity index is 1260. The number of thiophene rings is 1. The Morgan fingerprint density at radius 2 is 1.87 bits per heavy atom. The van der Waals surface area contributed by atoms with Crippen LogP contribution in [-0.2, 0) is 14.1 Å². The predicted molar refractivity (Wildman–Crippen MR) is 113 cm³/mol. The lowest BCUT2D eigenvalue weighted by atomic mass is 9.95. The summed E-state index contributed by atoms with van der Waals surface area (Å²) in [6, 6.07) is 4.60. The van der Waals surface area contributed by atoms with Gasteiger partial charge in [-0.05, 0) is 24.3 Å². The fourth-order valence-corrected chi connectivity index (χ4v) is 4.33. The Labute approximate surface area is 175 Å². The van der Waals surface area contributed by atoms with E-state index < -0.39 is 11.2 Å². The second kappa shape index (κ2) is 7.86. The molecule has 1 saturated heterocycles. The molecule has 4 heterocycles. The molecule has 1 N–H and O–H groups in total. The molecule has 30 heavy (non-hydrogen) atoms. The number of hydrogen-bond donors (Lipinski definition) is 1. The fourth-order valence-electron chi connectivity index (χ4n) is 3.68. The third-order valence-electron chi connectivity index (χ3n) is 5.49. The average Bonchev–Trinajstić information content (AvgIpc) is 3.29. The van der Waals surface area contributed by atoms with Gasteiger partial charge in [0.1, 0.15) is 11.5 Å². The molecule has 1 aliphatic heterocycles. The van der Waals surface area contributed by atoms with Crippen LogP contribution in [0.5, 0.6) is 0 Å². The van der Waals surface area contributed by atoms with Crippen LogP contribution < -0.4 is 16.8 Å². The molecule has 0 aliphatic carbocycles. The highest BCUT2D eigenvalue weighted by Gasteiger charge is 2.28. The Hall–Kier alpha value is -3.27. The van der Waals surface area contributed by atoms with Crippen LogP contribution >= 0.6 is 11.3 Å². The number of nitrogens with one attached hydrogen (secondary N) is 1. The van der Waals surface area contributed by atoms with Gasteiger partial charge in [0.25, 0.3) is 17.0 Å². The molecule has 9 nitrogen and oxygen atoms in total. The minimum absolute atomic E-state index is 0.0211. The number of rotatable bonds is 3. The summed E-state index contributed by atoms with van der Waals surface area (Å²) in [5, 5.41) is 3.88. The lowest BCUT2D eigenvalue weighted by Gasteiger charge is -2.31. The van der Waals surface area contributed by atoms with Crippen molar-refractivity contribution in [3.8, 4) is 11.3 Å². The SMILES string of the molecule is Cn1c(C(=O)N2CCC(c3nc(-c4ccsc4)cc(=O)[nH]3)CC2)cc(=O)n(C)c1=O. The molecule has 0 unspecified atom stereocenters. The molecule has 0 spiro atoms.